The zero-order valence-corrected chi connectivity index (χ0v) is 25.0. The van der Waals surface area contributed by atoms with E-state index in [1.807, 2.05) is 31.5 Å². The molecule has 2 N–H and O–H groups in total. The van der Waals surface area contributed by atoms with Gasteiger partial charge in [-0.3, -0.25) is 14.3 Å². The molecule has 3 rings (SSSR count). The Morgan fingerprint density at radius 1 is 1.18 bits per heavy atom. The summed E-state index contributed by atoms with van der Waals surface area (Å²) in [5.74, 6) is -0.513. The molecule has 0 bridgehead atoms. The van der Waals surface area contributed by atoms with Crippen molar-refractivity contribution in [1.82, 2.24) is 14.6 Å². The molecule has 0 radical (unpaired) electrons. The van der Waals surface area contributed by atoms with Crippen LogP contribution in [0.25, 0.3) is 11.1 Å². The molecule has 1 amide bonds. The van der Waals surface area contributed by atoms with Crippen molar-refractivity contribution in [3.8, 4) is 11.1 Å². The van der Waals surface area contributed by atoms with Gasteiger partial charge < -0.3 is 5.32 Å². The summed E-state index contributed by atoms with van der Waals surface area (Å²) in [6, 6.07) is 16.5. The van der Waals surface area contributed by atoms with Crippen LogP contribution in [0.3, 0.4) is 0 Å². The van der Waals surface area contributed by atoms with E-state index in [0.29, 0.717) is 24.4 Å². The van der Waals surface area contributed by atoms with E-state index in [1.165, 1.54) is 11.1 Å². The molecule has 0 aliphatic rings. The Hall–Kier alpha value is -2.43. The predicted molar refractivity (Wildman–Crippen MR) is 159 cm³/mol. The molecule has 0 fully saturated rings. The molecular formula is C29H36ClN3O4S2. The van der Waals surface area contributed by atoms with Gasteiger partial charge in [-0.15, -0.1) is 0 Å². The lowest BCUT2D eigenvalue weighted by atomic mass is 9.97. The molecule has 1 aromatic heterocycles. The third-order valence-corrected chi connectivity index (χ3v) is 9.10. The molecule has 10 heteroatoms. The van der Waals surface area contributed by atoms with Gasteiger partial charge in [-0.1, -0.05) is 42.8 Å². The Balaban J connectivity index is 1.74. The Morgan fingerprint density at radius 3 is 2.69 bits per heavy atom. The van der Waals surface area contributed by atoms with Gasteiger partial charge in [0, 0.05) is 47.9 Å². The van der Waals surface area contributed by atoms with E-state index >= 15 is 0 Å². The maximum atomic E-state index is 12.3. The maximum absolute atomic E-state index is 12.3. The van der Waals surface area contributed by atoms with Crippen LogP contribution in [0.4, 0.5) is 0 Å². The van der Waals surface area contributed by atoms with Gasteiger partial charge in [0.05, 0.1) is 5.75 Å². The summed E-state index contributed by atoms with van der Waals surface area (Å²) in [7, 11) is -4.02. The molecule has 0 aliphatic heterocycles. The van der Waals surface area contributed by atoms with E-state index in [1.54, 1.807) is 11.9 Å². The second-order valence-corrected chi connectivity index (χ2v) is 12.4. The number of rotatable bonds is 14. The molecule has 1 unspecified atom stereocenters. The average Bonchev–Trinajstić information content (AvgIpc) is 2.92. The number of nitrogens with zero attached hydrogens (tertiary/aromatic N) is 2. The van der Waals surface area contributed by atoms with E-state index in [2.05, 4.69) is 64.9 Å². The number of hydrogen-bond acceptors (Lipinski definition) is 6. The quantitative estimate of drug-likeness (QED) is 0.125. The SMILES string of the molecule is CCc1cnccc1-c1cccc(C(C)N(CCCC(=O)NCCCS(=O)(=O)O)Sc2cccc(Cl)c2C)c1. The topological polar surface area (TPSA) is 99.6 Å². The lowest BCUT2D eigenvalue weighted by molar-refractivity contribution is -0.121. The summed E-state index contributed by atoms with van der Waals surface area (Å²) in [6.07, 6.45) is 5.74. The molecule has 0 saturated heterocycles. The molecule has 0 spiro atoms. The van der Waals surface area contributed by atoms with Crippen molar-refractivity contribution < 1.29 is 17.8 Å². The molecule has 0 saturated carbocycles. The zero-order valence-electron chi connectivity index (χ0n) is 22.6. The standard InChI is InChI=1S/C29H36ClN3O4S2/c1-4-23-20-31-16-14-26(23)25-10-5-9-24(19-25)22(3)33(38-28-12-6-11-27(30)21(28)2)17-7-13-29(34)32-15-8-18-39(35,36)37/h5-6,9-12,14,16,19-20,22H,4,7-8,13,15,17-18H2,1-3H3,(H,32,34)(H,35,36,37). The third-order valence-electron chi connectivity index (χ3n) is 6.51. The van der Waals surface area contributed by atoms with Crippen LogP contribution in [0.1, 0.15) is 55.8 Å². The molecule has 210 valence electrons. The van der Waals surface area contributed by atoms with Crippen molar-refractivity contribution in [2.75, 3.05) is 18.8 Å². The van der Waals surface area contributed by atoms with E-state index in [4.69, 9.17) is 16.2 Å². The number of aryl methyl sites for hydroxylation is 1. The highest BCUT2D eigenvalue weighted by molar-refractivity contribution is 7.97. The minimum absolute atomic E-state index is 0.0399. The number of carbonyl (C=O) groups excluding carboxylic acids is 1. The first-order valence-electron chi connectivity index (χ1n) is 13.0. The van der Waals surface area contributed by atoms with E-state index in [-0.39, 0.29) is 30.7 Å². The fourth-order valence-corrected chi connectivity index (χ4v) is 6.10. The lowest BCUT2D eigenvalue weighted by Crippen LogP contribution is -2.27. The van der Waals surface area contributed by atoms with E-state index < -0.39 is 10.1 Å². The van der Waals surface area contributed by atoms with Crippen LogP contribution in [0.15, 0.2) is 65.8 Å². The van der Waals surface area contributed by atoms with Crippen LogP contribution in [0.2, 0.25) is 5.02 Å². The van der Waals surface area contributed by atoms with Gasteiger partial charge in [-0.2, -0.15) is 8.42 Å². The van der Waals surface area contributed by atoms with Gasteiger partial charge in [0.2, 0.25) is 5.91 Å². The predicted octanol–water partition coefficient (Wildman–Crippen LogP) is 6.52. The third kappa shape index (κ3) is 9.61. The molecule has 1 atom stereocenters. The van der Waals surface area contributed by atoms with Crippen molar-refractivity contribution in [2.45, 2.75) is 57.4 Å². The van der Waals surface area contributed by atoms with Crippen LogP contribution in [0.5, 0.6) is 0 Å². The highest BCUT2D eigenvalue weighted by Crippen LogP contribution is 2.37. The second kappa shape index (κ2) is 14.8. The van der Waals surface area contributed by atoms with Crippen molar-refractivity contribution in [3.05, 3.63) is 82.6 Å². The molecule has 0 aliphatic carbocycles. The first kappa shape index (κ1) is 31.1. The Kier molecular flexibility index (Phi) is 11.8. The fraction of sp³-hybridized carbons (Fsp3) is 0.379. The fourth-order valence-electron chi connectivity index (χ4n) is 4.22. The van der Waals surface area contributed by atoms with Gasteiger partial charge in [0.25, 0.3) is 10.1 Å². The summed E-state index contributed by atoms with van der Waals surface area (Å²) >= 11 is 8.03. The molecule has 2 aromatic carbocycles. The normalized spacial score (nSPS) is 12.5. The largest absolute Gasteiger partial charge is 0.356 e. The number of carbonyl (C=O) groups is 1. The van der Waals surface area contributed by atoms with Crippen molar-refractivity contribution in [3.63, 3.8) is 0 Å². The van der Waals surface area contributed by atoms with Crippen molar-refractivity contribution >= 4 is 39.6 Å². The number of pyridine rings is 1. The van der Waals surface area contributed by atoms with Gasteiger partial charge in [-0.05, 0) is 97.1 Å². The van der Waals surface area contributed by atoms with Crippen molar-refractivity contribution in [1.29, 1.82) is 0 Å². The van der Waals surface area contributed by atoms with E-state index in [0.717, 1.165) is 28.0 Å². The van der Waals surface area contributed by atoms with Crippen LogP contribution in [-0.2, 0) is 21.3 Å². The number of benzene rings is 2. The van der Waals surface area contributed by atoms with Gasteiger partial charge in [-0.25, -0.2) is 4.31 Å². The molecular weight excluding hydrogens is 554 g/mol. The van der Waals surface area contributed by atoms with Crippen molar-refractivity contribution in [2.24, 2.45) is 0 Å². The minimum Gasteiger partial charge on any atom is -0.356 e. The molecule has 39 heavy (non-hydrogen) atoms. The smallest absolute Gasteiger partial charge is 0.264 e. The number of hydrogen-bond donors (Lipinski definition) is 2. The molecule has 1 heterocycles. The number of amides is 1. The summed E-state index contributed by atoms with van der Waals surface area (Å²) < 4.78 is 32.8. The summed E-state index contributed by atoms with van der Waals surface area (Å²) in [4.78, 5) is 17.7. The first-order chi connectivity index (χ1) is 18.6. The maximum Gasteiger partial charge on any atom is 0.264 e. The number of halogens is 1. The van der Waals surface area contributed by atoms with Gasteiger partial charge in [0.15, 0.2) is 0 Å². The Bertz CT molecular complexity index is 1370. The monoisotopic (exact) mass is 589 g/mol. The highest BCUT2D eigenvalue weighted by atomic mass is 35.5. The summed E-state index contributed by atoms with van der Waals surface area (Å²) in [5.41, 5.74) is 5.69. The molecule has 3 aromatic rings. The minimum atomic E-state index is -4.02. The van der Waals surface area contributed by atoms with Gasteiger partial charge >= 0.3 is 0 Å². The van der Waals surface area contributed by atoms with E-state index in [9.17, 15) is 13.2 Å². The Morgan fingerprint density at radius 2 is 1.95 bits per heavy atom. The van der Waals surface area contributed by atoms with Crippen LogP contribution >= 0.6 is 23.5 Å². The molecule has 7 nitrogen and oxygen atoms in total. The average molecular weight is 590 g/mol. The first-order valence-corrected chi connectivity index (χ1v) is 15.8. The van der Waals surface area contributed by atoms with Crippen LogP contribution < -0.4 is 5.32 Å². The number of aromatic nitrogens is 1. The summed E-state index contributed by atoms with van der Waals surface area (Å²) in [5, 5.41) is 3.44. The zero-order chi connectivity index (χ0) is 28.4. The summed E-state index contributed by atoms with van der Waals surface area (Å²) in [6.45, 7) is 7.15. The Labute approximate surface area is 241 Å². The second-order valence-electron chi connectivity index (χ2n) is 9.38. The lowest BCUT2D eigenvalue weighted by Gasteiger charge is -2.29. The number of nitrogens with one attached hydrogen (secondary N) is 1. The van der Waals surface area contributed by atoms with Crippen LogP contribution in [0, 0.1) is 6.92 Å². The highest BCUT2D eigenvalue weighted by Gasteiger charge is 2.20. The van der Waals surface area contributed by atoms with Gasteiger partial charge in [0.1, 0.15) is 0 Å². The van der Waals surface area contributed by atoms with Crippen LogP contribution in [-0.4, -0.2) is 47.0 Å².